The van der Waals surface area contributed by atoms with Crippen LogP contribution in [0.3, 0.4) is 0 Å². The molecule has 1 saturated carbocycles. The summed E-state index contributed by atoms with van der Waals surface area (Å²) < 4.78 is 0. The van der Waals surface area contributed by atoms with Crippen LogP contribution in [0.4, 0.5) is 0 Å². The topological polar surface area (TPSA) is 38.9 Å². The molecule has 1 aliphatic carbocycles. The average Bonchev–Trinajstić information content (AvgIpc) is 2.66. The minimum absolute atomic E-state index is 0.311. The summed E-state index contributed by atoms with van der Waals surface area (Å²) in [4.78, 5) is 4.18. The van der Waals surface area contributed by atoms with E-state index in [0.717, 1.165) is 12.2 Å². The van der Waals surface area contributed by atoms with Gasteiger partial charge in [0.25, 0.3) is 0 Å². The van der Waals surface area contributed by atoms with Crippen LogP contribution in [0, 0.1) is 18.3 Å². The molecule has 2 nitrogen and oxygen atoms in total. The average molecular weight is 225 g/mol. The largest absolute Gasteiger partial charge is 0.330 e. The van der Waals surface area contributed by atoms with Crippen LogP contribution in [-0.2, 0) is 0 Å². The number of aryl methyl sites for hydroxylation is 1. The van der Waals surface area contributed by atoms with Gasteiger partial charge in [0, 0.05) is 5.69 Å². The Labute approximate surface area is 95.8 Å². The van der Waals surface area contributed by atoms with Crippen LogP contribution in [-0.4, -0.2) is 11.5 Å². The standard InChI is InChI=1S/C12H17ClN2/c1-7-4-8(5-10(13)15-7)11-9(6-14)12(11,2)3/h4-5,9,11H,6,14H2,1-3H3/t9-,11-/m1/s1. The van der Waals surface area contributed by atoms with Gasteiger partial charge in [-0.05, 0) is 48.4 Å². The molecule has 1 aliphatic rings. The number of pyridine rings is 1. The molecule has 0 aromatic carbocycles. The predicted octanol–water partition coefficient (Wildman–Crippen LogP) is 2.74. The molecule has 0 radical (unpaired) electrons. The fourth-order valence-corrected chi connectivity index (χ4v) is 2.94. The molecule has 0 aliphatic heterocycles. The lowest BCUT2D eigenvalue weighted by Crippen LogP contribution is -2.05. The van der Waals surface area contributed by atoms with E-state index in [1.165, 1.54) is 5.56 Å². The summed E-state index contributed by atoms with van der Waals surface area (Å²) in [6.45, 7) is 7.25. The number of nitrogens with zero attached hydrogens (tertiary/aromatic N) is 1. The fraction of sp³-hybridized carbons (Fsp3) is 0.583. The van der Waals surface area contributed by atoms with Gasteiger partial charge in [0.2, 0.25) is 0 Å². The summed E-state index contributed by atoms with van der Waals surface area (Å²) in [6, 6.07) is 4.09. The highest BCUT2D eigenvalue weighted by atomic mass is 35.5. The Hall–Kier alpha value is -0.600. The summed E-state index contributed by atoms with van der Waals surface area (Å²) in [7, 11) is 0. The summed E-state index contributed by atoms with van der Waals surface area (Å²) in [5, 5.41) is 0.587. The molecule has 1 aromatic heterocycles. The molecule has 1 fully saturated rings. The first kappa shape index (κ1) is 10.9. The van der Waals surface area contributed by atoms with Crippen LogP contribution in [0.25, 0.3) is 0 Å². The maximum Gasteiger partial charge on any atom is 0.129 e. The minimum atomic E-state index is 0.311. The molecule has 0 spiro atoms. The normalized spacial score (nSPS) is 27.8. The molecule has 0 unspecified atom stereocenters. The lowest BCUT2D eigenvalue weighted by Gasteiger charge is -2.04. The first-order chi connectivity index (χ1) is 6.96. The van der Waals surface area contributed by atoms with Crippen molar-refractivity contribution in [3.8, 4) is 0 Å². The highest BCUT2D eigenvalue weighted by molar-refractivity contribution is 6.29. The first-order valence-corrected chi connectivity index (χ1v) is 5.68. The molecule has 1 heterocycles. The molecule has 0 amide bonds. The van der Waals surface area contributed by atoms with Gasteiger partial charge in [-0.2, -0.15) is 0 Å². The molecule has 1 aromatic rings. The van der Waals surface area contributed by atoms with E-state index in [-0.39, 0.29) is 0 Å². The first-order valence-electron chi connectivity index (χ1n) is 5.31. The highest BCUT2D eigenvalue weighted by Crippen LogP contribution is 2.63. The number of hydrogen-bond donors (Lipinski definition) is 1. The van der Waals surface area contributed by atoms with Crippen molar-refractivity contribution in [3.63, 3.8) is 0 Å². The van der Waals surface area contributed by atoms with Crippen molar-refractivity contribution < 1.29 is 0 Å². The van der Waals surface area contributed by atoms with Gasteiger partial charge in [-0.25, -0.2) is 4.98 Å². The van der Waals surface area contributed by atoms with Gasteiger partial charge in [0.1, 0.15) is 5.15 Å². The van der Waals surface area contributed by atoms with E-state index in [9.17, 15) is 0 Å². The van der Waals surface area contributed by atoms with Crippen molar-refractivity contribution in [1.82, 2.24) is 4.98 Å². The molecule has 2 N–H and O–H groups in total. The predicted molar refractivity (Wildman–Crippen MR) is 63.1 cm³/mol. The maximum atomic E-state index is 5.96. The van der Waals surface area contributed by atoms with Crippen LogP contribution in [0.2, 0.25) is 5.15 Å². The van der Waals surface area contributed by atoms with Gasteiger partial charge in [0.15, 0.2) is 0 Å². The maximum absolute atomic E-state index is 5.96. The third-order valence-electron chi connectivity index (χ3n) is 3.61. The molecular weight excluding hydrogens is 208 g/mol. The van der Waals surface area contributed by atoms with Crippen LogP contribution >= 0.6 is 11.6 Å². The Morgan fingerprint density at radius 2 is 2.13 bits per heavy atom. The molecule has 0 saturated heterocycles. The third kappa shape index (κ3) is 1.77. The van der Waals surface area contributed by atoms with Crippen LogP contribution < -0.4 is 5.73 Å². The number of hydrogen-bond acceptors (Lipinski definition) is 2. The molecule has 2 atom stereocenters. The smallest absolute Gasteiger partial charge is 0.129 e. The summed E-state index contributed by atoms with van der Waals surface area (Å²) in [6.07, 6.45) is 0. The SMILES string of the molecule is Cc1cc([C@@H]2[C@@H](CN)C2(C)C)cc(Cl)n1. The van der Waals surface area contributed by atoms with Crippen molar-refractivity contribution in [2.75, 3.05) is 6.54 Å². The summed E-state index contributed by atoms with van der Waals surface area (Å²) >= 11 is 5.96. The van der Waals surface area contributed by atoms with Gasteiger partial charge in [-0.1, -0.05) is 25.4 Å². The quantitative estimate of drug-likeness (QED) is 0.785. The number of rotatable bonds is 2. The van der Waals surface area contributed by atoms with E-state index in [1.807, 2.05) is 13.0 Å². The molecule has 15 heavy (non-hydrogen) atoms. The van der Waals surface area contributed by atoms with Gasteiger partial charge in [-0.15, -0.1) is 0 Å². The van der Waals surface area contributed by atoms with E-state index in [0.29, 0.717) is 22.4 Å². The Kier molecular flexibility index (Phi) is 2.52. The fourth-order valence-electron chi connectivity index (χ4n) is 2.68. The Balaban J connectivity index is 2.32. The van der Waals surface area contributed by atoms with E-state index < -0.39 is 0 Å². The zero-order valence-corrected chi connectivity index (χ0v) is 10.2. The summed E-state index contributed by atoms with van der Waals surface area (Å²) in [5.41, 5.74) is 8.34. The highest BCUT2D eigenvalue weighted by Gasteiger charge is 2.57. The molecule has 82 valence electrons. The molecule has 3 heteroatoms. The number of nitrogens with two attached hydrogens (primary N) is 1. The van der Waals surface area contributed by atoms with Crippen molar-refractivity contribution >= 4 is 11.6 Å². The Morgan fingerprint density at radius 3 is 2.60 bits per heavy atom. The van der Waals surface area contributed by atoms with E-state index >= 15 is 0 Å². The third-order valence-corrected chi connectivity index (χ3v) is 3.80. The van der Waals surface area contributed by atoms with E-state index in [4.69, 9.17) is 17.3 Å². The lowest BCUT2D eigenvalue weighted by molar-refractivity contribution is 0.558. The Morgan fingerprint density at radius 1 is 1.47 bits per heavy atom. The Bertz CT molecular complexity index is 367. The van der Waals surface area contributed by atoms with Gasteiger partial charge >= 0.3 is 0 Å². The summed E-state index contributed by atoms with van der Waals surface area (Å²) in [5.74, 6) is 1.12. The lowest BCUT2D eigenvalue weighted by atomic mass is 10.0. The second-order valence-electron chi connectivity index (χ2n) is 5.01. The van der Waals surface area contributed by atoms with Crippen LogP contribution in [0.1, 0.15) is 31.0 Å². The number of halogens is 1. The van der Waals surface area contributed by atoms with Crippen molar-refractivity contribution in [1.29, 1.82) is 0 Å². The van der Waals surface area contributed by atoms with Gasteiger partial charge in [0.05, 0.1) is 0 Å². The van der Waals surface area contributed by atoms with Crippen LogP contribution in [0.5, 0.6) is 0 Å². The van der Waals surface area contributed by atoms with E-state index in [2.05, 4.69) is 24.9 Å². The molecule has 0 bridgehead atoms. The van der Waals surface area contributed by atoms with E-state index in [1.54, 1.807) is 0 Å². The van der Waals surface area contributed by atoms with Crippen molar-refractivity contribution in [3.05, 3.63) is 28.5 Å². The second kappa shape index (κ2) is 3.46. The monoisotopic (exact) mass is 224 g/mol. The van der Waals surface area contributed by atoms with Gasteiger partial charge in [-0.3, -0.25) is 0 Å². The number of aromatic nitrogens is 1. The van der Waals surface area contributed by atoms with Crippen LogP contribution in [0.15, 0.2) is 12.1 Å². The molecular formula is C12H17ClN2. The molecule has 2 rings (SSSR count). The van der Waals surface area contributed by atoms with Gasteiger partial charge < -0.3 is 5.73 Å². The zero-order chi connectivity index (χ0) is 11.2. The minimum Gasteiger partial charge on any atom is -0.330 e. The second-order valence-corrected chi connectivity index (χ2v) is 5.39. The van der Waals surface area contributed by atoms with Crippen molar-refractivity contribution in [2.45, 2.75) is 26.7 Å². The zero-order valence-electron chi connectivity index (χ0n) is 9.42. The van der Waals surface area contributed by atoms with Crippen molar-refractivity contribution in [2.24, 2.45) is 17.1 Å².